The van der Waals surface area contributed by atoms with E-state index in [9.17, 15) is 31.2 Å². The van der Waals surface area contributed by atoms with Crippen molar-refractivity contribution in [3.63, 3.8) is 0 Å². The monoisotopic (exact) mass is 796 g/mol. The van der Waals surface area contributed by atoms with Gasteiger partial charge in [-0.1, -0.05) is 32.3 Å². The van der Waals surface area contributed by atoms with Gasteiger partial charge in [-0.05, 0) is 106 Å². The topological polar surface area (TPSA) is 119 Å². The van der Waals surface area contributed by atoms with Crippen molar-refractivity contribution in [3.8, 4) is 17.0 Å². The highest BCUT2D eigenvalue weighted by atomic mass is 32.2. The molecule has 1 aliphatic heterocycles. The molecule has 0 saturated heterocycles. The van der Waals surface area contributed by atoms with Gasteiger partial charge in [0.05, 0.1) is 42.1 Å². The lowest BCUT2D eigenvalue weighted by molar-refractivity contribution is -0.142. The fourth-order valence-corrected chi connectivity index (χ4v) is 8.44. The second kappa shape index (κ2) is 16.5. The number of methoxy groups -OCH3 is 1. The Labute approximate surface area is 326 Å². The van der Waals surface area contributed by atoms with Crippen LogP contribution in [0.5, 0.6) is 5.75 Å². The van der Waals surface area contributed by atoms with Crippen LogP contribution in [0.3, 0.4) is 0 Å². The Kier molecular flexibility index (Phi) is 12.1. The van der Waals surface area contributed by atoms with Crippen LogP contribution in [0.4, 0.5) is 13.2 Å². The minimum absolute atomic E-state index is 0.0272. The van der Waals surface area contributed by atoms with Crippen molar-refractivity contribution >= 4 is 44.4 Å². The predicted octanol–water partition coefficient (Wildman–Crippen LogP) is 7.56. The lowest BCUT2D eigenvalue weighted by Gasteiger charge is -2.24. The maximum Gasteiger partial charge on any atom is 0.408 e. The van der Waals surface area contributed by atoms with E-state index in [-0.39, 0.29) is 29.3 Å². The number of alkyl halides is 3. The highest BCUT2D eigenvalue weighted by molar-refractivity contribution is 7.90. The quantitative estimate of drug-likeness (QED) is 0.148. The molecule has 0 atom stereocenters. The van der Waals surface area contributed by atoms with Crippen LogP contribution in [0.25, 0.3) is 33.8 Å². The van der Waals surface area contributed by atoms with Gasteiger partial charge in [-0.3, -0.25) is 14.3 Å². The second-order valence-corrected chi connectivity index (χ2v) is 17.3. The van der Waals surface area contributed by atoms with E-state index in [1.807, 2.05) is 55.8 Å². The average molecular weight is 797 g/mol. The van der Waals surface area contributed by atoms with Gasteiger partial charge in [-0.2, -0.15) is 18.3 Å². The molecule has 15 heteroatoms. The number of rotatable bonds is 13. The first kappa shape index (κ1) is 41.0. The summed E-state index contributed by atoms with van der Waals surface area (Å²) in [6.45, 7) is 7.47. The van der Waals surface area contributed by atoms with Crippen LogP contribution in [0.15, 0.2) is 42.6 Å². The third kappa shape index (κ3) is 8.38. The number of allylic oxidation sites excluding steroid dienone is 1. The summed E-state index contributed by atoms with van der Waals surface area (Å²) in [5.41, 5.74) is 4.69. The third-order valence-corrected chi connectivity index (χ3v) is 12.8. The molecule has 0 unspecified atom stereocenters. The van der Waals surface area contributed by atoms with Gasteiger partial charge in [0.2, 0.25) is 10.0 Å². The number of aromatic nitrogens is 3. The van der Waals surface area contributed by atoms with Crippen molar-refractivity contribution in [1.29, 1.82) is 0 Å². The van der Waals surface area contributed by atoms with Crippen molar-refractivity contribution < 1.29 is 35.9 Å². The molecule has 302 valence electrons. The number of hydrogen-bond donors (Lipinski definition) is 1. The van der Waals surface area contributed by atoms with Gasteiger partial charge in [-0.15, -0.1) is 0 Å². The fraction of sp³-hybridized carbons (Fsp3) is 0.488. The normalized spacial score (nSPS) is 15.1. The molecular formula is C41H51F3N6O5S. The summed E-state index contributed by atoms with van der Waals surface area (Å²) in [6, 6.07) is 10.7. The van der Waals surface area contributed by atoms with Crippen LogP contribution in [-0.2, 0) is 23.1 Å². The summed E-state index contributed by atoms with van der Waals surface area (Å²) in [7, 11) is -0.457. The number of hydrogen-bond acceptors (Lipinski definition) is 7. The molecule has 2 aliphatic rings. The maximum atomic E-state index is 14.3. The smallest absolute Gasteiger partial charge is 0.408 e. The highest BCUT2D eigenvalue weighted by Gasteiger charge is 2.35. The third-order valence-electron chi connectivity index (χ3n) is 11.1. The molecule has 2 aromatic heterocycles. The Morgan fingerprint density at radius 1 is 1.02 bits per heavy atom. The van der Waals surface area contributed by atoms with Gasteiger partial charge in [0, 0.05) is 41.7 Å². The SMILES string of the molecule is CCN(C)CCN(CC)C(=O)c1cnn(CC(F)(F)F)c1C1=Cc2cc(OC)ccc2-c2c(C3CCCCC3)c3ccc(C(=O)NS(=O)(=O)C(C)C)cc3n2C1. The van der Waals surface area contributed by atoms with E-state index in [0.29, 0.717) is 42.0 Å². The number of sulfonamides is 1. The van der Waals surface area contributed by atoms with Crippen LogP contribution in [-0.4, -0.2) is 96.1 Å². The summed E-state index contributed by atoms with van der Waals surface area (Å²) in [6.07, 6.45) is 3.46. The summed E-state index contributed by atoms with van der Waals surface area (Å²) < 4.78 is 78.9. The summed E-state index contributed by atoms with van der Waals surface area (Å²) in [5, 5.41) is 4.21. The van der Waals surface area contributed by atoms with Gasteiger partial charge in [-0.25, -0.2) is 13.1 Å². The fourth-order valence-electron chi connectivity index (χ4n) is 7.83. The number of fused-ring (bicyclic) bond motifs is 5. The lowest BCUT2D eigenvalue weighted by atomic mass is 9.81. The molecule has 0 bridgehead atoms. The molecule has 2 aromatic carbocycles. The van der Waals surface area contributed by atoms with Crippen molar-refractivity contribution in [2.24, 2.45) is 0 Å². The zero-order valence-corrected chi connectivity index (χ0v) is 33.7. The number of ether oxygens (including phenoxy) is 1. The van der Waals surface area contributed by atoms with Crippen molar-refractivity contribution in [2.75, 3.05) is 40.3 Å². The number of likely N-dealkylation sites (N-methyl/N-ethyl adjacent to an activating group) is 2. The minimum Gasteiger partial charge on any atom is -0.497 e. The molecular weight excluding hydrogens is 746 g/mol. The number of halogens is 3. The predicted molar refractivity (Wildman–Crippen MR) is 212 cm³/mol. The molecule has 56 heavy (non-hydrogen) atoms. The molecule has 3 heterocycles. The van der Waals surface area contributed by atoms with E-state index in [1.165, 1.54) is 20.0 Å². The number of nitrogens with one attached hydrogen (secondary N) is 1. The summed E-state index contributed by atoms with van der Waals surface area (Å²) >= 11 is 0. The van der Waals surface area contributed by atoms with Crippen LogP contribution in [0.1, 0.15) is 103 Å². The van der Waals surface area contributed by atoms with Crippen molar-refractivity contribution in [3.05, 3.63) is 70.5 Å². The molecule has 2 amide bonds. The zero-order valence-electron chi connectivity index (χ0n) is 32.9. The Bertz CT molecular complexity index is 2250. The van der Waals surface area contributed by atoms with Crippen LogP contribution < -0.4 is 9.46 Å². The number of amides is 2. The number of carbonyl (C=O) groups is 2. The summed E-state index contributed by atoms with van der Waals surface area (Å²) in [5.74, 6) is -0.505. The Balaban J connectivity index is 1.61. The van der Waals surface area contributed by atoms with E-state index < -0.39 is 39.8 Å². The second-order valence-electron chi connectivity index (χ2n) is 15.0. The number of nitrogens with zero attached hydrogens (tertiary/aromatic N) is 5. The first-order valence-electron chi connectivity index (χ1n) is 19.3. The molecule has 0 radical (unpaired) electrons. The molecule has 1 aliphatic carbocycles. The summed E-state index contributed by atoms with van der Waals surface area (Å²) in [4.78, 5) is 31.5. The largest absolute Gasteiger partial charge is 0.497 e. The molecule has 11 nitrogen and oxygen atoms in total. The van der Waals surface area contributed by atoms with E-state index >= 15 is 0 Å². The Morgan fingerprint density at radius 2 is 1.75 bits per heavy atom. The highest BCUT2D eigenvalue weighted by Crippen LogP contribution is 2.48. The van der Waals surface area contributed by atoms with E-state index in [0.717, 1.165) is 65.5 Å². The van der Waals surface area contributed by atoms with Crippen LogP contribution in [0.2, 0.25) is 0 Å². The van der Waals surface area contributed by atoms with Gasteiger partial charge in [0.25, 0.3) is 11.8 Å². The van der Waals surface area contributed by atoms with Crippen molar-refractivity contribution in [1.82, 2.24) is 28.9 Å². The van der Waals surface area contributed by atoms with E-state index in [4.69, 9.17) is 4.74 Å². The molecule has 6 rings (SSSR count). The molecule has 1 fully saturated rings. The van der Waals surface area contributed by atoms with Crippen molar-refractivity contribution in [2.45, 2.75) is 90.2 Å². The van der Waals surface area contributed by atoms with Gasteiger partial charge in [0.1, 0.15) is 12.3 Å². The number of benzene rings is 2. The van der Waals surface area contributed by atoms with Gasteiger partial charge >= 0.3 is 6.18 Å². The zero-order chi connectivity index (χ0) is 40.5. The van der Waals surface area contributed by atoms with E-state index in [2.05, 4.69) is 14.7 Å². The Morgan fingerprint density at radius 3 is 2.39 bits per heavy atom. The molecule has 4 aromatic rings. The molecule has 1 saturated carbocycles. The Hall–Kier alpha value is -4.63. The van der Waals surface area contributed by atoms with Gasteiger partial charge < -0.3 is 19.1 Å². The molecule has 0 spiro atoms. The standard InChI is InChI=1S/C41H51F3N6O5S/c1-7-47(5)18-19-48(8-2)40(52)34-23-45-50(25-41(42,43)44)37(34)30-20-29-21-31(55-6)15-17-32(29)38-36(27-12-10-9-11-13-27)33-16-14-28(22-35(33)49(38)24-30)39(51)46-56(53,54)26(3)4/h14-17,20-23,26-27H,7-13,18-19,24-25H2,1-6H3,(H,46,51). The van der Waals surface area contributed by atoms with Crippen LogP contribution in [0, 0.1) is 0 Å². The van der Waals surface area contributed by atoms with Gasteiger partial charge in [0.15, 0.2) is 0 Å². The average Bonchev–Trinajstić information content (AvgIpc) is 3.66. The lowest BCUT2D eigenvalue weighted by Crippen LogP contribution is -2.37. The van der Waals surface area contributed by atoms with E-state index in [1.54, 1.807) is 24.1 Å². The maximum absolute atomic E-state index is 14.3. The first-order chi connectivity index (χ1) is 26.6. The molecule has 1 N–H and O–H groups in total. The minimum atomic E-state index is -4.64. The van der Waals surface area contributed by atoms with Crippen LogP contribution >= 0.6 is 0 Å². The number of carbonyl (C=O) groups excluding carboxylic acids is 2. The first-order valence-corrected chi connectivity index (χ1v) is 20.8.